The van der Waals surface area contributed by atoms with Gasteiger partial charge in [0.05, 0.1) is 18.2 Å². The lowest BCUT2D eigenvalue weighted by molar-refractivity contribution is 0.191. The van der Waals surface area contributed by atoms with Crippen molar-refractivity contribution in [3.05, 3.63) is 30.9 Å². The minimum Gasteiger partial charge on any atom is -0.385 e. The van der Waals surface area contributed by atoms with Gasteiger partial charge in [0.1, 0.15) is 5.82 Å². The predicted octanol–water partition coefficient (Wildman–Crippen LogP) is 2.34. The average Bonchev–Trinajstić information content (AvgIpc) is 2.87. The highest BCUT2D eigenvalue weighted by molar-refractivity contribution is 5.61. The van der Waals surface area contributed by atoms with Gasteiger partial charge in [0.15, 0.2) is 0 Å². The van der Waals surface area contributed by atoms with Gasteiger partial charge in [-0.15, -0.1) is 0 Å². The number of nitrogens with zero attached hydrogens (tertiary/aromatic N) is 3. The summed E-state index contributed by atoms with van der Waals surface area (Å²) in [6.45, 7) is 1.79. The third-order valence-electron chi connectivity index (χ3n) is 3.04. The fourth-order valence-electron chi connectivity index (χ4n) is 2.05. The Hall–Kier alpha value is -1.88. The van der Waals surface area contributed by atoms with Crippen LogP contribution in [-0.4, -0.2) is 28.3 Å². The number of methoxy groups -OCH3 is 1. The molecule has 0 bridgehead atoms. The van der Waals surface area contributed by atoms with Gasteiger partial charge in [-0.05, 0) is 31.4 Å². The first-order chi connectivity index (χ1) is 9.31. The maximum atomic E-state index is 5.72. The number of nitrogen functional groups attached to an aromatic ring is 1. The van der Waals surface area contributed by atoms with E-state index in [4.69, 9.17) is 10.5 Å². The van der Waals surface area contributed by atoms with E-state index >= 15 is 0 Å². The van der Waals surface area contributed by atoms with Gasteiger partial charge < -0.3 is 15.0 Å². The molecule has 0 aliphatic carbocycles. The van der Waals surface area contributed by atoms with E-state index in [-0.39, 0.29) is 0 Å². The van der Waals surface area contributed by atoms with Crippen molar-refractivity contribution >= 4 is 5.82 Å². The topological polar surface area (TPSA) is 66.0 Å². The van der Waals surface area contributed by atoms with Crippen molar-refractivity contribution in [3.8, 4) is 11.3 Å². The summed E-state index contributed by atoms with van der Waals surface area (Å²) in [4.78, 5) is 8.23. The van der Waals surface area contributed by atoms with Crippen LogP contribution < -0.4 is 5.73 Å². The van der Waals surface area contributed by atoms with Crippen LogP contribution in [0.5, 0.6) is 0 Å². The van der Waals surface area contributed by atoms with Gasteiger partial charge in [0.25, 0.3) is 0 Å². The molecule has 0 radical (unpaired) electrons. The monoisotopic (exact) mass is 260 g/mol. The molecule has 2 aromatic rings. The molecule has 0 saturated heterocycles. The molecule has 5 nitrogen and oxygen atoms in total. The Bertz CT molecular complexity index is 510. The minimum atomic E-state index is 0.533. The molecule has 0 aliphatic heterocycles. The first-order valence-corrected chi connectivity index (χ1v) is 6.52. The van der Waals surface area contributed by atoms with Crippen molar-refractivity contribution in [2.24, 2.45) is 0 Å². The predicted molar refractivity (Wildman–Crippen MR) is 75.6 cm³/mol. The number of hydrogen-bond acceptors (Lipinski definition) is 4. The van der Waals surface area contributed by atoms with Crippen LogP contribution >= 0.6 is 0 Å². The van der Waals surface area contributed by atoms with Crippen LogP contribution in [0.2, 0.25) is 0 Å². The van der Waals surface area contributed by atoms with E-state index in [1.54, 1.807) is 13.3 Å². The standard InChI is InChI=1S/C14H20N4O/c1-19-8-4-2-3-7-18-11-16-10-13(18)12-5-6-17-14(15)9-12/h5-6,9-11H,2-4,7-8H2,1H3,(H2,15,17). The van der Waals surface area contributed by atoms with E-state index in [0.29, 0.717) is 5.82 Å². The number of hydrogen-bond donors (Lipinski definition) is 1. The minimum absolute atomic E-state index is 0.533. The first kappa shape index (κ1) is 13.5. The zero-order valence-corrected chi connectivity index (χ0v) is 11.2. The quantitative estimate of drug-likeness (QED) is 0.776. The van der Waals surface area contributed by atoms with Gasteiger partial charge in [-0.1, -0.05) is 0 Å². The summed E-state index contributed by atoms with van der Waals surface area (Å²) in [6, 6.07) is 3.83. The molecular formula is C14H20N4O. The van der Waals surface area contributed by atoms with Crippen LogP contribution in [0.25, 0.3) is 11.3 Å². The summed E-state index contributed by atoms with van der Waals surface area (Å²) < 4.78 is 7.20. The molecular weight excluding hydrogens is 240 g/mol. The third-order valence-corrected chi connectivity index (χ3v) is 3.04. The Kier molecular flexibility index (Phi) is 4.92. The van der Waals surface area contributed by atoms with Crippen LogP contribution in [0.3, 0.4) is 0 Å². The summed E-state index contributed by atoms with van der Waals surface area (Å²) >= 11 is 0. The molecule has 2 rings (SSSR count). The zero-order valence-electron chi connectivity index (χ0n) is 11.2. The van der Waals surface area contributed by atoms with E-state index in [2.05, 4.69) is 14.5 Å². The molecule has 2 heterocycles. The fraction of sp³-hybridized carbons (Fsp3) is 0.429. The lowest BCUT2D eigenvalue weighted by atomic mass is 10.2. The summed E-state index contributed by atoms with van der Waals surface area (Å²) in [5.41, 5.74) is 7.86. The lowest BCUT2D eigenvalue weighted by Crippen LogP contribution is -2.00. The number of anilines is 1. The maximum absolute atomic E-state index is 5.72. The molecule has 2 N–H and O–H groups in total. The van der Waals surface area contributed by atoms with Crippen molar-refractivity contribution in [2.45, 2.75) is 25.8 Å². The molecule has 0 amide bonds. The number of pyridine rings is 1. The molecule has 0 aliphatic rings. The molecule has 19 heavy (non-hydrogen) atoms. The Morgan fingerprint density at radius 3 is 3.00 bits per heavy atom. The normalized spacial score (nSPS) is 10.8. The van der Waals surface area contributed by atoms with Crippen LogP contribution in [0.4, 0.5) is 5.82 Å². The van der Waals surface area contributed by atoms with Crippen molar-refractivity contribution in [1.29, 1.82) is 0 Å². The molecule has 0 spiro atoms. The Morgan fingerprint density at radius 1 is 1.32 bits per heavy atom. The highest BCUT2D eigenvalue weighted by Gasteiger charge is 2.05. The number of rotatable bonds is 7. The Balaban J connectivity index is 1.98. The smallest absolute Gasteiger partial charge is 0.123 e. The molecule has 5 heteroatoms. The Labute approximate surface area is 113 Å². The highest BCUT2D eigenvalue weighted by atomic mass is 16.5. The van der Waals surface area contributed by atoms with Gasteiger partial charge in [0, 0.05) is 32.0 Å². The number of unbranched alkanes of at least 4 members (excludes halogenated alkanes) is 2. The van der Waals surface area contributed by atoms with Crippen molar-refractivity contribution in [2.75, 3.05) is 19.5 Å². The highest BCUT2D eigenvalue weighted by Crippen LogP contribution is 2.20. The van der Waals surface area contributed by atoms with Gasteiger partial charge in [0.2, 0.25) is 0 Å². The van der Waals surface area contributed by atoms with Gasteiger partial charge >= 0.3 is 0 Å². The number of nitrogens with two attached hydrogens (primary N) is 1. The second-order valence-electron chi connectivity index (χ2n) is 4.50. The molecule has 0 atom stereocenters. The van der Waals surface area contributed by atoms with Crippen LogP contribution in [0.1, 0.15) is 19.3 Å². The summed E-state index contributed by atoms with van der Waals surface area (Å²) in [5.74, 6) is 0.533. The SMILES string of the molecule is COCCCCCn1cncc1-c1ccnc(N)c1. The number of imidazole rings is 1. The van der Waals surface area contributed by atoms with E-state index < -0.39 is 0 Å². The Morgan fingerprint density at radius 2 is 2.21 bits per heavy atom. The third kappa shape index (κ3) is 3.79. The van der Waals surface area contributed by atoms with Crippen LogP contribution in [-0.2, 0) is 11.3 Å². The molecule has 0 unspecified atom stereocenters. The lowest BCUT2D eigenvalue weighted by Gasteiger charge is -2.08. The van der Waals surface area contributed by atoms with Gasteiger partial charge in [-0.25, -0.2) is 9.97 Å². The largest absolute Gasteiger partial charge is 0.385 e. The van der Waals surface area contributed by atoms with Crippen molar-refractivity contribution in [3.63, 3.8) is 0 Å². The van der Waals surface area contributed by atoms with Gasteiger partial charge in [-0.3, -0.25) is 0 Å². The number of aromatic nitrogens is 3. The maximum Gasteiger partial charge on any atom is 0.123 e. The summed E-state index contributed by atoms with van der Waals surface area (Å²) in [7, 11) is 1.74. The van der Waals surface area contributed by atoms with E-state index in [1.807, 2.05) is 24.7 Å². The molecule has 0 aromatic carbocycles. The van der Waals surface area contributed by atoms with Crippen LogP contribution in [0, 0.1) is 0 Å². The summed E-state index contributed by atoms with van der Waals surface area (Å²) in [5, 5.41) is 0. The summed E-state index contributed by atoms with van der Waals surface area (Å²) in [6.07, 6.45) is 8.83. The number of aryl methyl sites for hydroxylation is 1. The van der Waals surface area contributed by atoms with Gasteiger partial charge in [-0.2, -0.15) is 0 Å². The van der Waals surface area contributed by atoms with Crippen molar-refractivity contribution in [1.82, 2.24) is 14.5 Å². The zero-order chi connectivity index (χ0) is 13.5. The van der Waals surface area contributed by atoms with E-state index in [1.165, 1.54) is 0 Å². The van der Waals surface area contributed by atoms with Crippen molar-refractivity contribution < 1.29 is 4.74 Å². The average molecular weight is 260 g/mol. The van der Waals surface area contributed by atoms with E-state index in [9.17, 15) is 0 Å². The number of ether oxygens (including phenoxy) is 1. The van der Waals surface area contributed by atoms with E-state index in [0.717, 1.165) is 43.7 Å². The fourth-order valence-corrected chi connectivity index (χ4v) is 2.05. The molecule has 0 fully saturated rings. The second kappa shape index (κ2) is 6.89. The second-order valence-corrected chi connectivity index (χ2v) is 4.50. The molecule has 0 saturated carbocycles. The first-order valence-electron chi connectivity index (χ1n) is 6.52. The van der Waals surface area contributed by atoms with Crippen LogP contribution in [0.15, 0.2) is 30.9 Å². The molecule has 2 aromatic heterocycles. The molecule has 102 valence electrons.